The number of nitrogens with zero attached hydrogens (tertiary/aromatic N) is 3. The maximum absolute atomic E-state index is 12.2. The summed E-state index contributed by atoms with van der Waals surface area (Å²) in [7, 11) is 2.98. The van der Waals surface area contributed by atoms with Gasteiger partial charge in [-0.25, -0.2) is 9.78 Å². The first-order chi connectivity index (χ1) is 20.4. The first-order valence-electron chi connectivity index (χ1n) is 14.3. The van der Waals surface area contributed by atoms with E-state index in [9.17, 15) is 4.79 Å². The summed E-state index contributed by atoms with van der Waals surface area (Å²) < 4.78 is 23.8. The van der Waals surface area contributed by atoms with Gasteiger partial charge in [0.2, 0.25) is 0 Å². The molecule has 4 aromatic rings. The molecule has 1 saturated heterocycles. The van der Waals surface area contributed by atoms with Crippen molar-refractivity contribution in [2.24, 2.45) is 11.8 Å². The van der Waals surface area contributed by atoms with Gasteiger partial charge in [0.1, 0.15) is 22.7 Å². The van der Waals surface area contributed by atoms with Gasteiger partial charge in [0.25, 0.3) is 0 Å². The predicted molar refractivity (Wildman–Crippen MR) is 163 cm³/mol. The van der Waals surface area contributed by atoms with E-state index in [-0.39, 0.29) is 12.1 Å². The van der Waals surface area contributed by atoms with Crippen molar-refractivity contribution in [1.82, 2.24) is 10.1 Å². The summed E-state index contributed by atoms with van der Waals surface area (Å²) in [4.78, 5) is 19.5. The Bertz CT molecular complexity index is 1630. The molecule has 3 fully saturated rings. The third-order valence-corrected chi connectivity index (χ3v) is 10.5. The molecule has 2 saturated carbocycles. The number of aromatic nitrogens is 2. The van der Waals surface area contributed by atoms with Gasteiger partial charge in [-0.2, -0.15) is 0 Å². The van der Waals surface area contributed by atoms with Crippen molar-refractivity contribution in [3.05, 3.63) is 57.3 Å². The third-order valence-electron chi connectivity index (χ3n) is 8.79. The lowest BCUT2D eigenvalue weighted by Crippen LogP contribution is -2.28. The Kier molecular flexibility index (Phi) is 7.54. The Morgan fingerprint density at radius 1 is 1.10 bits per heavy atom. The van der Waals surface area contributed by atoms with E-state index in [0.717, 1.165) is 71.9 Å². The maximum atomic E-state index is 12.2. The van der Waals surface area contributed by atoms with Crippen LogP contribution >= 0.6 is 34.5 Å². The molecule has 0 bridgehead atoms. The molecule has 0 N–H and O–H groups in total. The largest absolute Gasteiger partial charge is 0.494 e. The second-order valence-electron chi connectivity index (χ2n) is 11.4. The Morgan fingerprint density at radius 2 is 1.88 bits per heavy atom. The van der Waals surface area contributed by atoms with Crippen molar-refractivity contribution in [2.75, 3.05) is 32.2 Å². The number of fused-ring (bicyclic) bond motifs is 2. The number of hydrogen-bond donors (Lipinski definition) is 0. The fourth-order valence-corrected chi connectivity index (χ4v) is 8.08. The van der Waals surface area contributed by atoms with Gasteiger partial charge in [0, 0.05) is 30.1 Å². The lowest BCUT2D eigenvalue weighted by Gasteiger charge is -2.30. The smallest absolute Gasteiger partial charge is 0.338 e. The summed E-state index contributed by atoms with van der Waals surface area (Å²) in [5, 5.41) is 6.48. The first-order valence-corrected chi connectivity index (χ1v) is 15.9. The summed E-state index contributed by atoms with van der Waals surface area (Å²) in [5.74, 6) is 2.61. The van der Waals surface area contributed by atoms with E-state index in [2.05, 4.69) is 10.1 Å². The molecule has 2 aliphatic carbocycles. The van der Waals surface area contributed by atoms with Gasteiger partial charge in [0.15, 0.2) is 5.13 Å². The van der Waals surface area contributed by atoms with Crippen molar-refractivity contribution in [1.29, 1.82) is 0 Å². The van der Waals surface area contributed by atoms with Crippen molar-refractivity contribution < 1.29 is 23.5 Å². The van der Waals surface area contributed by atoms with Crippen molar-refractivity contribution in [3.8, 4) is 17.0 Å². The predicted octanol–water partition coefficient (Wildman–Crippen LogP) is 7.75. The maximum Gasteiger partial charge on any atom is 0.338 e. The molecule has 1 aliphatic heterocycles. The number of halogens is 2. The van der Waals surface area contributed by atoms with Crippen LogP contribution in [0.15, 0.2) is 34.9 Å². The molecule has 0 amide bonds. The highest BCUT2D eigenvalue weighted by molar-refractivity contribution is 7.22. The van der Waals surface area contributed by atoms with Crippen LogP contribution in [0.3, 0.4) is 0 Å². The Hall–Kier alpha value is -2.85. The zero-order chi connectivity index (χ0) is 29.0. The monoisotopic (exact) mass is 627 g/mol. The van der Waals surface area contributed by atoms with E-state index >= 15 is 0 Å². The number of carbonyl (C=O) groups excluding carboxylic acids is 1. The number of anilines is 1. The molecule has 220 valence electrons. The summed E-state index contributed by atoms with van der Waals surface area (Å²) in [5.41, 5.74) is 3.60. The number of rotatable bonds is 8. The molecule has 3 atom stereocenters. The van der Waals surface area contributed by atoms with Gasteiger partial charge in [-0.15, -0.1) is 0 Å². The van der Waals surface area contributed by atoms with Crippen molar-refractivity contribution in [3.63, 3.8) is 0 Å². The van der Waals surface area contributed by atoms with E-state index in [1.807, 2.05) is 24.3 Å². The fourth-order valence-electron chi connectivity index (χ4n) is 6.46. The summed E-state index contributed by atoms with van der Waals surface area (Å²) in [6.45, 7) is 2.33. The van der Waals surface area contributed by atoms with Crippen LogP contribution in [0.5, 0.6) is 5.75 Å². The number of thiazole rings is 1. The van der Waals surface area contributed by atoms with Crippen LogP contribution in [-0.2, 0) is 16.1 Å². The highest BCUT2D eigenvalue weighted by Gasteiger charge is 2.40. The van der Waals surface area contributed by atoms with Crippen molar-refractivity contribution >= 4 is 55.9 Å². The molecule has 7 rings (SSSR count). The van der Waals surface area contributed by atoms with Crippen molar-refractivity contribution in [2.45, 2.75) is 50.7 Å². The molecule has 42 heavy (non-hydrogen) atoms. The molecule has 0 radical (unpaired) electrons. The topological polar surface area (TPSA) is 86.9 Å². The summed E-state index contributed by atoms with van der Waals surface area (Å²) in [6, 6.07) is 9.01. The zero-order valence-corrected chi connectivity index (χ0v) is 25.7. The average molecular weight is 629 g/mol. The quantitative estimate of drug-likeness (QED) is 0.183. The van der Waals surface area contributed by atoms with E-state index in [1.165, 1.54) is 7.11 Å². The molecule has 2 aromatic carbocycles. The highest BCUT2D eigenvalue weighted by atomic mass is 35.5. The van der Waals surface area contributed by atoms with Crippen LogP contribution in [0.2, 0.25) is 10.0 Å². The molecule has 2 aromatic heterocycles. The standard InChI is InChI=1S/C31H31Cl2N3O5S/c1-38-24-11-18(30(37)39-2)12-25-28(24)34-31(42-25)36-13-17-8-9-20(10-19(17)14-36)40-15-21-27(35-41-29(21)16-6-7-16)26-22(32)4-3-5-23(26)33/h3-5,11-12,16-17,19-20H,6-10,13-15H2,1-2H3/t17-,19+,20+/m1/s1. The van der Waals surface area contributed by atoms with Gasteiger partial charge >= 0.3 is 5.97 Å². The van der Waals surface area contributed by atoms with Gasteiger partial charge in [-0.1, -0.05) is 45.8 Å². The lowest BCUT2D eigenvalue weighted by atomic mass is 9.80. The van der Waals surface area contributed by atoms with E-state index in [1.54, 1.807) is 24.5 Å². The molecule has 0 spiro atoms. The van der Waals surface area contributed by atoms with E-state index < -0.39 is 0 Å². The second kappa shape index (κ2) is 11.3. The van der Waals surface area contributed by atoms with E-state index in [0.29, 0.717) is 57.0 Å². The molecule has 0 unspecified atom stereocenters. The minimum atomic E-state index is -0.388. The minimum absolute atomic E-state index is 0.154. The van der Waals surface area contributed by atoms with Crippen LogP contribution in [0.25, 0.3) is 21.5 Å². The normalized spacial score (nSPS) is 22.0. The molecule has 3 heterocycles. The number of ether oxygens (including phenoxy) is 3. The van der Waals surface area contributed by atoms with Crippen LogP contribution < -0.4 is 9.64 Å². The summed E-state index contributed by atoms with van der Waals surface area (Å²) in [6.07, 6.45) is 5.46. The number of methoxy groups -OCH3 is 2. The second-order valence-corrected chi connectivity index (χ2v) is 13.3. The van der Waals surface area contributed by atoms with Gasteiger partial charge in [0.05, 0.1) is 47.2 Å². The van der Waals surface area contributed by atoms with Gasteiger partial charge < -0.3 is 23.6 Å². The minimum Gasteiger partial charge on any atom is -0.494 e. The molecule has 8 nitrogen and oxygen atoms in total. The number of carbonyl (C=O) groups is 1. The summed E-state index contributed by atoms with van der Waals surface area (Å²) >= 11 is 14.7. The number of hydrogen-bond acceptors (Lipinski definition) is 9. The van der Waals surface area contributed by atoms with Crippen LogP contribution in [0.4, 0.5) is 5.13 Å². The Morgan fingerprint density at radius 3 is 2.62 bits per heavy atom. The fraction of sp³-hybridized carbons (Fsp3) is 0.452. The lowest BCUT2D eigenvalue weighted by molar-refractivity contribution is -0.00495. The molecular formula is C31H31Cl2N3O5S. The van der Waals surface area contributed by atoms with Gasteiger partial charge in [-0.05, 0) is 68.2 Å². The third kappa shape index (κ3) is 5.14. The Balaban J connectivity index is 1.06. The number of esters is 1. The first kappa shape index (κ1) is 28.0. The number of benzene rings is 2. The highest BCUT2D eigenvalue weighted by Crippen LogP contribution is 2.47. The molecule has 3 aliphatic rings. The van der Waals surface area contributed by atoms with Gasteiger partial charge in [-0.3, -0.25) is 0 Å². The molecule has 11 heteroatoms. The van der Waals surface area contributed by atoms with Crippen LogP contribution in [0.1, 0.15) is 59.7 Å². The zero-order valence-electron chi connectivity index (χ0n) is 23.4. The van der Waals surface area contributed by atoms with Crippen LogP contribution in [-0.4, -0.2) is 49.5 Å². The Labute approximate surface area is 257 Å². The van der Waals surface area contributed by atoms with Crippen LogP contribution in [0, 0.1) is 11.8 Å². The van der Waals surface area contributed by atoms with E-state index in [4.69, 9.17) is 46.9 Å². The SMILES string of the molecule is COC(=O)c1cc(OC)c2nc(N3C[C@H]4CC[C@H](OCc5c(-c6c(Cl)cccc6Cl)noc5C5CC5)C[C@H]4C3)sc2c1. The molecular weight excluding hydrogens is 597 g/mol. The average Bonchev–Trinajstić information content (AvgIpc) is 3.40.